The molecular weight excluding hydrogens is 180 g/mol. The quantitative estimate of drug-likeness (QED) is 0.692. The summed E-state index contributed by atoms with van der Waals surface area (Å²) in [6, 6.07) is 0.478. The van der Waals surface area contributed by atoms with Crippen LogP contribution in [0.3, 0.4) is 0 Å². The number of Topliss-reactive ketones (excluding diaryl/α,β-unsaturated/α-hetero) is 1. The van der Waals surface area contributed by atoms with E-state index >= 15 is 0 Å². The van der Waals surface area contributed by atoms with Crippen LogP contribution in [0.25, 0.3) is 0 Å². The molecule has 0 saturated carbocycles. The van der Waals surface area contributed by atoms with Crippen molar-refractivity contribution in [3.05, 3.63) is 11.5 Å². The van der Waals surface area contributed by atoms with Crippen LogP contribution in [-0.2, 0) is 0 Å². The lowest BCUT2D eigenvalue weighted by molar-refractivity contribution is 0.0911. The van der Waals surface area contributed by atoms with Crippen molar-refractivity contribution in [3.8, 4) is 0 Å². The summed E-state index contributed by atoms with van der Waals surface area (Å²) in [5.41, 5.74) is 0.660. The van der Waals surface area contributed by atoms with E-state index in [1.807, 2.05) is 27.9 Å². The fraction of sp³-hybridized carbons (Fsp3) is 0.600. The van der Waals surface area contributed by atoms with Crippen molar-refractivity contribution in [2.45, 2.75) is 20.8 Å². The molecule has 1 aromatic heterocycles. The van der Waals surface area contributed by atoms with Gasteiger partial charge in [-0.25, -0.2) is 0 Å². The molecule has 0 aliphatic carbocycles. The molecule has 0 unspecified atom stereocenters. The maximum absolute atomic E-state index is 11.6. The Labute approximate surface area is 83.9 Å². The van der Waals surface area contributed by atoms with Gasteiger partial charge in [0.25, 0.3) is 6.01 Å². The number of aromatic nitrogens is 1. The molecule has 0 spiro atoms. The van der Waals surface area contributed by atoms with Gasteiger partial charge in [0.2, 0.25) is 5.78 Å². The molecule has 0 saturated heterocycles. The van der Waals surface area contributed by atoms with Crippen molar-refractivity contribution in [2.24, 2.45) is 5.92 Å². The fourth-order valence-electron chi connectivity index (χ4n) is 1.06. The van der Waals surface area contributed by atoms with E-state index < -0.39 is 0 Å². The lowest BCUT2D eigenvalue weighted by Gasteiger charge is -2.04. The van der Waals surface area contributed by atoms with Gasteiger partial charge in [0.05, 0.1) is 5.69 Å². The van der Waals surface area contributed by atoms with Gasteiger partial charge in [-0.3, -0.25) is 4.79 Å². The Hall–Kier alpha value is -1.32. The molecule has 0 aromatic carbocycles. The number of carbonyl (C=O) groups is 1. The predicted octanol–water partition coefficient (Wildman–Crippen LogP) is 1.89. The number of rotatable bonds is 3. The average molecular weight is 196 g/mol. The summed E-state index contributed by atoms with van der Waals surface area (Å²) in [6.45, 7) is 5.48. The van der Waals surface area contributed by atoms with Gasteiger partial charge in [0, 0.05) is 20.0 Å². The number of nitrogens with zero attached hydrogens (tertiary/aromatic N) is 2. The molecule has 4 heteroatoms. The first-order valence-corrected chi connectivity index (χ1v) is 4.62. The Morgan fingerprint density at radius 2 is 2.00 bits per heavy atom. The smallest absolute Gasteiger partial charge is 0.297 e. The minimum absolute atomic E-state index is 0.00287. The molecule has 4 nitrogen and oxygen atoms in total. The van der Waals surface area contributed by atoms with Gasteiger partial charge < -0.3 is 9.32 Å². The zero-order valence-electron chi connectivity index (χ0n) is 9.29. The second-order valence-corrected chi connectivity index (χ2v) is 3.82. The number of carbonyl (C=O) groups excluding carboxylic acids is 1. The number of ketones is 1. The Kier molecular flexibility index (Phi) is 2.93. The summed E-state index contributed by atoms with van der Waals surface area (Å²) in [7, 11) is 3.66. The molecule has 1 rings (SSSR count). The maximum atomic E-state index is 11.6. The van der Waals surface area contributed by atoms with Crippen LogP contribution in [0.5, 0.6) is 0 Å². The van der Waals surface area contributed by atoms with Gasteiger partial charge in [0.15, 0.2) is 5.76 Å². The van der Waals surface area contributed by atoms with E-state index in [4.69, 9.17) is 4.42 Å². The number of anilines is 1. The highest BCUT2D eigenvalue weighted by molar-refractivity contribution is 5.95. The number of oxazole rings is 1. The molecular formula is C10H16N2O2. The SMILES string of the molecule is Cc1nc(N(C)C)oc1C(=O)C(C)C. The Morgan fingerprint density at radius 3 is 2.36 bits per heavy atom. The Bertz CT molecular complexity index is 340. The third-order valence-electron chi connectivity index (χ3n) is 1.92. The largest absolute Gasteiger partial charge is 0.420 e. The first kappa shape index (κ1) is 10.8. The zero-order valence-corrected chi connectivity index (χ0v) is 9.29. The monoisotopic (exact) mass is 196 g/mol. The second kappa shape index (κ2) is 3.82. The lowest BCUT2D eigenvalue weighted by Crippen LogP contribution is -2.09. The number of hydrogen-bond acceptors (Lipinski definition) is 4. The standard InChI is InChI=1S/C10H16N2O2/c1-6(2)8(13)9-7(3)11-10(14-9)12(4)5/h6H,1-5H3. The molecule has 0 aliphatic rings. The van der Waals surface area contributed by atoms with Gasteiger partial charge in [-0.05, 0) is 6.92 Å². The normalized spacial score (nSPS) is 10.7. The first-order valence-electron chi connectivity index (χ1n) is 4.62. The van der Waals surface area contributed by atoms with E-state index in [-0.39, 0.29) is 11.7 Å². The van der Waals surface area contributed by atoms with Crippen LogP contribution in [0.1, 0.15) is 30.1 Å². The molecule has 0 N–H and O–H groups in total. The third kappa shape index (κ3) is 1.95. The number of aryl methyl sites for hydroxylation is 1. The van der Waals surface area contributed by atoms with Crippen LogP contribution in [-0.4, -0.2) is 24.9 Å². The summed E-state index contributed by atoms with van der Waals surface area (Å²) < 4.78 is 5.36. The highest BCUT2D eigenvalue weighted by Gasteiger charge is 2.20. The highest BCUT2D eigenvalue weighted by atomic mass is 16.4. The van der Waals surface area contributed by atoms with Gasteiger partial charge >= 0.3 is 0 Å². The van der Waals surface area contributed by atoms with Crippen LogP contribution < -0.4 is 4.90 Å². The third-order valence-corrected chi connectivity index (χ3v) is 1.92. The van der Waals surface area contributed by atoms with Gasteiger partial charge in [-0.2, -0.15) is 4.98 Å². The predicted molar refractivity (Wildman–Crippen MR) is 54.7 cm³/mol. The van der Waals surface area contributed by atoms with Crippen LogP contribution in [0.4, 0.5) is 6.01 Å². The summed E-state index contributed by atoms with van der Waals surface area (Å²) >= 11 is 0. The molecule has 0 fully saturated rings. The van der Waals surface area contributed by atoms with E-state index in [2.05, 4.69) is 4.98 Å². The molecule has 78 valence electrons. The van der Waals surface area contributed by atoms with Crippen LogP contribution in [0, 0.1) is 12.8 Å². The van der Waals surface area contributed by atoms with Crippen molar-refractivity contribution in [3.63, 3.8) is 0 Å². The maximum Gasteiger partial charge on any atom is 0.297 e. The van der Waals surface area contributed by atoms with Gasteiger partial charge in [-0.15, -0.1) is 0 Å². The summed E-state index contributed by atoms with van der Waals surface area (Å²) in [4.78, 5) is 17.5. The number of hydrogen-bond donors (Lipinski definition) is 0. The first-order chi connectivity index (χ1) is 6.43. The van der Waals surface area contributed by atoms with E-state index in [0.29, 0.717) is 17.5 Å². The molecule has 1 heterocycles. The Morgan fingerprint density at radius 1 is 1.43 bits per heavy atom. The van der Waals surface area contributed by atoms with Crippen LogP contribution >= 0.6 is 0 Å². The average Bonchev–Trinajstić information content (AvgIpc) is 2.46. The van der Waals surface area contributed by atoms with E-state index in [1.165, 1.54) is 0 Å². The van der Waals surface area contributed by atoms with E-state index in [9.17, 15) is 4.79 Å². The van der Waals surface area contributed by atoms with Crippen LogP contribution in [0.2, 0.25) is 0 Å². The molecule has 0 bridgehead atoms. The summed E-state index contributed by atoms with van der Waals surface area (Å²) in [5, 5.41) is 0. The second-order valence-electron chi connectivity index (χ2n) is 3.82. The minimum atomic E-state index is -0.0586. The fourth-order valence-corrected chi connectivity index (χ4v) is 1.06. The topological polar surface area (TPSA) is 46.3 Å². The molecule has 0 amide bonds. The molecule has 0 aliphatic heterocycles. The summed E-state index contributed by atoms with van der Waals surface area (Å²) in [5.74, 6) is 0.323. The molecule has 1 aromatic rings. The van der Waals surface area contributed by atoms with Gasteiger partial charge in [0.1, 0.15) is 0 Å². The van der Waals surface area contributed by atoms with E-state index in [1.54, 1.807) is 11.8 Å². The Balaban J connectivity index is 3.04. The molecule has 14 heavy (non-hydrogen) atoms. The van der Waals surface area contributed by atoms with Crippen molar-refractivity contribution >= 4 is 11.8 Å². The van der Waals surface area contributed by atoms with Crippen molar-refractivity contribution in [1.82, 2.24) is 4.98 Å². The lowest BCUT2D eigenvalue weighted by atomic mass is 10.1. The van der Waals surface area contributed by atoms with E-state index in [0.717, 1.165) is 0 Å². The van der Waals surface area contributed by atoms with Crippen molar-refractivity contribution in [2.75, 3.05) is 19.0 Å². The highest BCUT2D eigenvalue weighted by Crippen LogP contribution is 2.19. The van der Waals surface area contributed by atoms with Crippen LogP contribution in [0.15, 0.2) is 4.42 Å². The molecule has 0 radical (unpaired) electrons. The summed E-state index contributed by atoms with van der Waals surface area (Å²) in [6.07, 6.45) is 0. The van der Waals surface area contributed by atoms with Crippen molar-refractivity contribution < 1.29 is 9.21 Å². The molecule has 0 atom stereocenters. The minimum Gasteiger partial charge on any atom is -0.420 e. The zero-order chi connectivity index (χ0) is 10.9. The van der Waals surface area contributed by atoms with Crippen molar-refractivity contribution in [1.29, 1.82) is 0 Å². The van der Waals surface area contributed by atoms with Gasteiger partial charge in [-0.1, -0.05) is 13.8 Å².